The predicted octanol–water partition coefficient (Wildman–Crippen LogP) is 1.92. The van der Waals surface area contributed by atoms with E-state index in [1.54, 1.807) is 7.11 Å². The molecule has 10 heteroatoms. The van der Waals surface area contributed by atoms with Gasteiger partial charge in [0, 0.05) is 32.4 Å². The second-order valence-corrected chi connectivity index (χ2v) is 8.76. The van der Waals surface area contributed by atoms with E-state index in [9.17, 15) is 19.6 Å². The van der Waals surface area contributed by atoms with Crippen molar-refractivity contribution in [2.45, 2.75) is 39.2 Å². The maximum absolute atomic E-state index is 13.2. The van der Waals surface area contributed by atoms with E-state index in [0.29, 0.717) is 24.7 Å². The van der Waals surface area contributed by atoms with Crippen LogP contribution >= 0.6 is 0 Å². The maximum atomic E-state index is 13.2. The van der Waals surface area contributed by atoms with Crippen LogP contribution in [0.3, 0.4) is 0 Å². The maximum Gasteiger partial charge on any atom is 0.247 e. The molecule has 36 heavy (non-hydrogen) atoms. The Hall–Kier alpha value is -2.79. The number of nitrogens with one attached hydrogen (secondary N) is 2. The summed E-state index contributed by atoms with van der Waals surface area (Å²) in [4.78, 5) is 38.5. The zero-order valence-electron chi connectivity index (χ0n) is 21.6. The molecule has 0 aromatic heterocycles. The second kappa shape index (κ2) is 18.5. The van der Waals surface area contributed by atoms with Gasteiger partial charge in [-0.2, -0.15) is 0 Å². The smallest absolute Gasteiger partial charge is 0.247 e. The zero-order valence-corrected chi connectivity index (χ0v) is 21.6. The number of ether oxygens (including phenoxy) is 3. The van der Waals surface area contributed by atoms with Gasteiger partial charge in [0.25, 0.3) is 0 Å². The van der Waals surface area contributed by atoms with E-state index >= 15 is 0 Å². The van der Waals surface area contributed by atoms with Gasteiger partial charge in [-0.1, -0.05) is 50.3 Å². The number of hydrogen-bond acceptors (Lipinski definition) is 7. The molecule has 0 radical (unpaired) electrons. The summed E-state index contributed by atoms with van der Waals surface area (Å²) in [5, 5.41) is 16.0. The van der Waals surface area contributed by atoms with Crippen molar-refractivity contribution in [1.29, 1.82) is 0 Å². The van der Waals surface area contributed by atoms with E-state index in [-0.39, 0.29) is 51.2 Å². The first-order valence-corrected chi connectivity index (χ1v) is 12.1. The summed E-state index contributed by atoms with van der Waals surface area (Å²) in [7, 11) is 1.58. The molecule has 1 rings (SSSR count). The average Bonchev–Trinajstić information content (AvgIpc) is 2.85. The van der Waals surface area contributed by atoms with Crippen LogP contribution in [-0.2, 0) is 35.0 Å². The van der Waals surface area contributed by atoms with Crippen molar-refractivity contribution in [3.8, 4) is 0 Å². The predicted molar refractivity (Wildman–Crippen MR) is 135 cm³/mol. The zero-order chi connectivity index (χ0) is 26.8. The van der Waals surface area contributed by atoms with Crippen molar-refractivity contribution in [1.82, 2.24) is 15.7 Å². The quantitative estimate of drug-likeness (QED) is 0.0859. The minimum Gasteiger partial charge on any atom is -0.382 e. The van der Waals surface area contributed by atoms with Crippen LogP contribution in [0.1, 0.15) is 32.3 Å². The first-order chi connectivity index (χ1) is 17.3. The van der Waals surface area contributed by atoms with Crippen molar-refractivity contribution >= 4 is 17.7 Å². The summed E-state index contributed by atoms with van der Waals surface area (Å²) in [6, 6.07) is 8.50. The minimum absolute atomic E-state index is 0.0343. The standard InChI is InChI=1S/C26H41N3O7/c1-5-12-29(33)24(30)18-22(16-20(2)3)25(31)28-23(17-21-9-7-6-8-10-21)26(32)27-11-13-35-19-36-15-14-34-4/h5-10,20,22-23,33H,1,11-19H2,2-4H3,(H,27,32)(H,28,31)/t22-,23+/m1/s1. The number of rotatable bonds is 19. The van der Waals surface area contributed by atoms with Gasteiger partial charge >= 0.3 is 0 Å². The highest BCUT2D eigenvalue weighted by atomic mass is 16.7. The molecule has 1 aromatic carbocycles. The first kappa shape index (κ1) is 31.2. The molecule has 0 aliphatic carbocycles. The van der Waals surface area contributed by atoms with E-state index in [0.717, 1.165) is 5.56 Å². The second-order valence-electron chi connectivity index (χ2n) is 8.76. The third kappa shape index (κ3) is 13.3. The van der Waals surface area contributed by atoms with Gasteiger partial charge in [-0.05, 0) is 17.9 Å². The molecule has 202 valence electrons. The third-order valence-corrected chi connectivity index (χ3v) is 5.20. The molecule has 0 heterocycles. The van der Waals surface area contributed by atoms with Gasteiger partial charge in [0.05, 0.1) is 26.4 Å². The summed E-state index contributed by atoms with van der Waals surface area (Å²) >= 11 is 0. The van der Waals surface area contributed by atoms with E-state index < -0.39 is 23.8 Å². The van der Waals surface area contributed by atoms with Gasteiger partial charge in [0.2, 0.25) is 17.7 Å². The Kier molecular flexibility index (Phi) is 16.0. The SMILES string of the molecule is C=CCN(O)C(=O)C[C@@H](CC(C)C)C(=O)N[C@@H](Cc1ccccc1)C(=O)NCCOCOCCOC. The fraction of sp³-hybridized carbons (Fsp3) is 0.577. The van der Waals surface area contributed by atoms with Crippen LogP contribution in [0.15, 0.2) is 43.0 Å². The molecule has 0 bridgehead atoms. The van der Waals surface area contributed by atoms with Gasteiger partial charge in [0.1, 0.15) is 12.8 Å². The molecule has 0 fully saturated rings. The Morgan fingerprint density at radius 1 is 1.08 bits per heavy atom. The molecule has 3 amide bonds. The molecular formula is C26H41N3O7. The first-order valence-electron chi connectivity index (χ1n) is 12.1. The molecular weight excluding hydrogens is 466 g/mol. The highest BCUT2D eigenvalue weighted by Gasteiger charge is 2.29. The molecule has 0 saturated heterocycles. The Labute approximate surface area is 213 Å². The van der Waals surface area contributed by atoms with E-state index in [4.69, 9.17) is 14.2 Å². The Bertz CT molecular complexity index is 789. The summed E-state index contributed by atoms with van der Waals surface area (Å²) in [5.41, 5.74) is 0.879. The molecule has 0 saturated carbocycles. The fourth-order valence-corrected chi connectivity index (χ4v) is 3.43. The van der Waals surface area contributed by atoms with Crippen LogP contribution in [0.5, 0.6) is 0 Å². The Morgan fingerprint density at radius 2 is 1.78 bits per heavy atom. The highest BCUT2D eigenvalue weighted by Crippen LogP contribution is 2.18. The normalized spacial score (nSPS) is 12.6. The number of carbonyl (C=O) groups is 3. The molecule has 1 aromatic rings. The van der Waals surface area contributed by atoms with Crippen LogP contribution < -0.4 is 10.6 Å². The van der Waals surface area contributed by atoms with Gasteiger partial charge in [-0.15, -0.1) is 6.58 Å². The van der Waals surface area contributed by atoms with Crippen molar-refractivity contribution in [2.75, 3.05) is 46.8 Å². The molecule has 0 aliphatic heterocycles. The van der Waals surface area contributed by atoms with Gasteiger partial charge < -0.3 is 24.8 Å². The highest BCUT2D eigenvalue weighted by molar-refractivity contribution is 5.90. The molecule has 10 nitrogen and oxygen atoms in total. The van der Waals surface area contributed by atoms with Gasteiger partial charge in [-0.3, -0.25) is 19.6 Å². The number of hydroxylamine groups is 2. The average molecular weight is 508 g/mol. The number of carbonyl (C=O) groups excluding carboxylic acids is 3. The number of benzene rings is 1. The number of methoxy groups -OCH3 is 1. The topological polar surface area (TPSA) is 126 Å². The summed E-state index contributed by atoms with van der Waals surface area (Å²) in [6.45, 7) is 8.79. The Morgan fingerprint density at radius 3 is 2.42 bits per heavy atom. The van der Waals surface area contributed by atoms with Crippen molar-refractivity contribution in [2.24, 2.45) is 11.8 Å². The molecule has 3 N–H and O–H groups in total. The van der Waals surface area contributed by atoms with Crippen molar-refractivity contribution < 1.29 is 33.8 Å². The van der Waals surface area contributed by atoms with Crippen molar-refractivity contribution in [3.63, 3.8) is 0 Å². The lowest BCUT2D eigenvalue weighted by atomic mass is 9.92. The van der Waals surface area contributed by atoms with E-state index in [1.165, 1.54) is 6.08 Å². The van der Waals surface area contributed by atoms with Crippen LogP contribution in [0, 0.1) is 11.8 Å². The molecule has 0 unspecified atom stereocenters. The summed E-state index contributed by atoms with van der Waals surface area (Å²) in [6.07, 6.45) is 1.93. The summed E-state index contributed by atoms with van der Waals surface area (Å²) in [5.74, 6) is -1.92. The van der Waals surface area contributed by atoms with Gasteiger partial charge in [0.15, 0.2) is 0 Å². The van der Waals surface area contributed by atoms with Gasteiger partial charge in [-0.25, -0.2) is 5.06 Å². The molecule has 0 aliphatic rings. The summed E-state index contributed by atoms with van der Waals surface area (Å²) < 4.78 is 15.4. The fourth-order valence-electron chi connectivity index (χ4n) is 3.43. The number of amides is 3. The number of nitrogens with zero attached hydrogens (tertiary/aromatic N) is 1. The lowest BCUT2D eigenvalue weighted by Gasteiger charge is -2.24. The molecule has 2 atom stereocenters. The lowest BCUT2D eigenvalue weighted by Crippen LogP contribution is -2.50. The minimum atomic E-state index is -0.846. The van der Waals surface area contributed by atoms with E-state index in [2.05, 4.69) is 17.2 Å². The number of hydrogen-bond donors (Lipinski definition) is 3. The van der Waals surface area contributed by atoms with E-state index in [1.807, 2.05) is 44.2 Å². The monoisotopic (exact) mass is 507 g/mol. The largest absolute Gasteiger partial charge is 0.382 e. The van der Waals surface area contributed by atoms with Crippen LogP contribution in [0.25, 0.3) is 0 Å². The van der Waals surface area contributed by atoms with Crippen LogP contribution in [0.2, 0.25) is 0 Å². The molecule has 0 spiro atoms. The van der Waals surface area contributed by atoms with Crippen LogP contribution in [-0.4, -0.2) is 80.8 Å². The lowest BCUT2D eigenvalue weighted by molar-refractivity contribution is -0.165. The van der Waals surface area contributed by atoms with Crippen LogP contribution in [0.4, 0.5) is 0 Å². The third-order valence-electron chi connectivity index (χ3n) is 5.20. The van der Waals surface area contributed by atoms with Crippen molar-refractivity contribution in [3.05, 3.63) is 48.6 Å². The Balaban J connectivity index is 2.79.